The van der Waals surface area contributed by atoms with Gasteiger partial charge in [0.1, 0.15) is 0 Å². The first-order valence-electron chi connectivity index (χ1n) is 5.07. The fourth-order valence-corrected chi connectivity index (χ4v) is 0.937. The molecule has 2 amide bonds. The summed E-state index contributed by atoms with van der Waals surface area (Å²) in [6, 6.07) is 0. The zero-order chi connectivity index (χ0) is 10.9. The van der Waals surface area contributed by atoms with Crippen molar-refractivity contribution in [3.8, 4) is 0 Å². The second kappa shape index (κ2) is 9.23. The van der Waals surface area contributed by atoms with E-state index in [9.17, 15) is 9.59 Å². The molecule has 0 saturated carbocycles. The SMILES string of the molecule is CC.CC.CCC1CC(=O)NC1=O. The summed E-state index contributed by atoms with van der Waals surface area (Å²) in [7, 11) is 0. The molecule has 1 unspecified atom stereocenters. The van der Waals surface area contributed by atoms with E-state index in [0.717, 1.165) is 6.42 Å². The van der Waals surface area contributed by atoms with Crippen molar-refractivity contribution >= 4 is 11.8 Å². The maximum absolute atomic E-state index is 10.7. The highest BCUT2D eigenvalue weighted by Gasteiger charge is 2.28. The Morgan fingerprint density at radius 2 is 1.69 bits per heavy atom. The Bertz CT molecular complexity index is 155. The van der Waals surface area contributed by atoms with Crippen LogP contribution in [0, 0.1) is 5.92 Å². The first kappa shape index (κ1) is 14.7. The number of hydrogen-bond donors (Lipinski definition) is 1. The van der Waals surface area contributed by atoms with Crippen LogP contribution in [-0.4, -0.2) is 11.8 Å². The molecule has 0 aromatic heterocycles. The van der Waals surface area contributed by atoms with Gasteiger partial charge in [-0.25, -0.2) is 0 Å². The summed E-state index contributed by atoms with van der Waals surface area (Å²) in [6.07, 6.45) is 1.15. The van der Waals surface area contributed by atoms with E-state index in [1.54, 1.807) is 0 Å². The fourth-order valence-electron chi connectivity index (χ4n) is 0.937. The van der Waals surface area contributed by atoms with Crippen LogP contribution in [0.2, 0.25) is 0 Å². The van der Waals surface area contributed by atoms with Crippen LogP contribution in [0.15, 0.2) is 0 Å². The van der Waals surface area contributed by atoms with Crippen molar-refractivity contribution in [2.75, 3.05) is 0 Å². The normalized spacial score (nSPS) is 19.3. The molecule has 0 aromatic rings. The van der Waals surface area contributed by atoms with E-state index in [0.29, 0.717) is 6.42 Å². The van der Waals surface area contributed by atoms with Crippen LogP contribution >= 0.6 is 0 Å². The van der Waals surface area contributed by atoms with E-state index in [1.807, 2.05) is 34.6 Å². The summed E-state index contributed by atoms with van der Waals surface area (Å²) in [5.41, 5.74) is 0. The molecule has 78 valence electrons. The van der Waals surface area contributed by atoms with Crippen molar-refractivity contribution in [1.29, 1.82) is 0 Å². The first-order valence-corrected chi connectivity index (χ1v) is 5.07. The van der Waals surface area contributed by atoms with E-state index in [4.69, 9.17) is 0 Å². The average molecular weight is 187 g/mol. The topological polar surface area (TPSA) is 46.2 Å². The van der Waals surface area contributed by atoms with Crippen LogP contribution in [0.4, 0.5) is 0 Å². The third-order valence-corrected chi connectivity index (χ3v) is 1.56. The Morgan fingerprint density at radius 3 is 1.85 bits per heavy atom. The van der Waals surface area contributed by atoms with Gasteiger partial charge in [0.05, 0.1) is 0 Å². The van der Waals surface area contributed by atoms with Crippen molar-refractivity contribution in [2.24, 2.45) is 5.92 Å². The highest BCUT2D eigenvalue weighted by Crippen LogP contribution is 2.13. The molecule has 1 aliphatic heterocycles. The third kappa shape index (κ3) is 5.39. The summed E-state index contributed by atoms with van der Waals surface area (Å²) in [4.78, 5) is 21.2. The van der Waals surface area contributed by atoms with Crippen LogP contribution in [0.25, 0.3) is 0 Å². The van der Waals surface area contributed by atoms with Gasteiger partial charge >= 0.3 is 0 Å². The van der Waals surface area contributed by atoms with Crippen molar-refractivity contribution in [3.05, 3.63) is 0 Å². The number of carbonyl (C=O) groups excluding carboxylic acids is 2. The van der Waals surface area contributed by atoms with Crippen LogP contribution in [0.3, 0.4) is 0 Å². The number of carbonyl (C=O) groups is 2. The molecule has 1 atom stereocenters. The molecule has 0 bridgehead atoms. The number of rotatable bonds is 1. The van der Waals surface area contributed by atoms with E-state index in [1.165, 1.54) is 0 Å². The molecule has 1 saturated heterocycles. The number of imide groups is 1. The lowest BCUT2D eigenvalue weighted by Gasteiger charge is -1.96. The summed E-state index contributed by atoms with van der Waals surface area (Å²) in [5, 5.41) is 2.24. The van der Waals surface area contributed by atoms with Crippen molar-refractivity contribution < 1.29 is 9.59 Å². The fraction of sp³-hybridized carbons (Fsp3) is 0.800. The van der Waals surface area contributed by atoms with Gasteiger partial charge in [0.25, 0.3) is 0 Å². The smallest absolute Gasteiger partial charge is 0.230 e. The van der Waals surface area contributed by atoms with Crippen molar-refractivity contribution in [2.45, 2.75) is 47.5 Å². The molecule has 3 heteroatoms. The van der Waals surface area contributed by atoms with E-state index in [2.05, 4.69) is 5.32 Å². The van der Waals surface area contributed by atoms with E-state index in [-0.39, 0.29) is 17.7 Å². The van der Waals surface area contributed by atoms with Crippen LogP contribution < -0.4 is 5.32 Å². The molecule has 13 heavy (non-hydrogen) atoms. The summed E-state index contributed by atoms with van der Waals surface area (Å²) < 4.78 is 0. The van der Waals surface area contributed by atoms with E-state index < -0.39 is 0 Å². The number of amides is 2. The van der Waals surface area contributed by atoms with Gasteiger partial charge in [-0.15, -0.1) is 0 Å². The molecule has 0 aliphatic carbocycles. The summed E-state index contributed by atoms with van der Waals surface area (Å²) in [5.74, 6) is -0.299. The number of hydrogen-bond acceptors (Lipinski definition) is 2. The van der Waals surface area contributed by atoms with E-state index >= 15 is 0 Å². The van der Waals surface area contributed by atoms with Gasteiger partial charge in [0.15, 0.2) is 0 Å². The predicted molar refractivity (Wildman–Crippen MR) is 54.2 cm³/mol. The van der Waals surface area contributed by atoms with Gasteiger partial charge in [-0.05, 0) is 6.42 Å². The Labute approximate surface area is 80.9 Å². The lowest BCUT2D eigenvalue weighted by Crippen LogP contribution is -2.21. The second-order valence-corrected chi connectivity index (χ2v) is 2.22. The molecular formula is C10H21NO2. The largest absolute Gasteiger partial charge is 0.296 e. The van der Waals surface area contributed by atoms with Gasteiger partial charge < -0.3 is 0 Å². The average Bonchev–Trinajstić information content (AvgIpc) is 2.51. The monoisotopic (exact) mass is 187 g/mol. The molecule has 3 nitrogen and oxygen atoms in total. The van der Waals surface area contributed by atoms with Gasteiger partial charge in [-0.1, -0.05) is 34.6 Å². The van der Waals surface area contributed by atoms with Crippen molar-refractivity contribution in [3.63, 3.8) is 0 Å². The first-order chi connectivity index (χ1) is 6.24. The minimum atomic E-state index is -0.133. The Balaban J connectivity index is 0. The Hall–Kier alpha value is -0.860. The quantitative estimate of drug-likeness (QED) is 0.639. The van der Waals surface area contributed by atoms with Crippen LogP contribution in [0.5, 0.6) is 0 Å². The Kier molecular flexibility index (Phi) is 10.4. The van der Waals surface area contributed by atoms with Crippen LogP contribution in [0.1, 0.15) is 47.5 Å². The second-order valence-electron chi connectivity index (χ2n) is 2.22. The van der Waals surface area contributed by atoms with Gasteiger partial charge in [-0.3, -0.25) is 14.9 Å². The van der Waals surface area contributed by atoms with Gasteiger partial charge in [0.2, 0.25) is 11.8 Å². The molecule has 0 aromatic carbocycles. The lowest BCUT2D eigenvalue weighted by atomic mass is 10.1. The summed E-state index contributed by atoms with van der Waals surface area (Å²) >= 11 is 0. The Morgan fingerprint density at radius 1 is 1.23 bits per heavy atom. The molecule has 0 spiro atoms. The summed E-state index contributed by atoms with van der Waals surface area (Å²) in [6.45, 7) is 9.91. The molecule has 0 radical (unpaired) electrons. The standard InChI is InChI=1S/C6H9NO2.2C2H6/c1-2-4-3-5(8)7-6(4)9;2*1-2/h4H,2-3H2,1H3,(H,7,8,9);2*1-2H3. The molecule has 1 fully saturated rings. The highest BCUT2D eigenvalue weighted by molar-refractivity contribution is 6.03. The maximum atomic E-state index is 10.7. The molecule has 1 N–H and O–H groups in total. The van der Waals surface area contributed by atoms with Gasteiger partial charge in [0, 0.05) is 12.3 Å². The minimum Gasteiger partial charge on any atom is -0.296 e. The zero-order valence-electron chi connectivity index (χ0n) is 9.31. The van der Waals surface area contributed by atoms with Crippen molar-refractivity contribution in [1.82, 2.24) is 5.32 Å². The van der Waals surface area contributed by atoms with Gasteiger partial charge in [-0.2, -0.15) is 0 Å². The zero-order valence-corrected chi connectivity index (χ0v) is 9.31. The van der Waals surface area contributed by atoms with Crippen LogP contribution in [-0.2, 0) is 9.59 Å². The predicted octanol–water partition coefficient (Wildman–Crippen LogP) is 2.11. The highest BCUT2D eigenvalue weighted by atomic mass is 16.2. The molecule has 1 aliphatic rings. The molecular weight excluding hydrogens is 166 g/mol. The third-order valence-electron chi connectivity index (χ3n) is 1.56. The maximum Gasteiger partial charge on any atom is 0.230 e. The number of nitrogens with one attached hydrogen (secondary N) is 1. The molecule has 1 rings (SSSR count). The lowest BCUT2D eigenvalue weighted by molar-refractivity contribution is -0.125. The minimum absolute atomic E-state index is 0.0579. The molecule has 1 heterocycles.